The molecular weight excluding hydrogens is 232 g/mol. The lowest BCUT2D eigenvalue weighted by atomic mass is 10.9. The lowest BCUT2D eigenvalue weighted by molar-refractivity contribution is -0.145. The van der Waals surface area contributed by atoms with Gasteiger partial charge in [0, 0.05) is 20.8 Å². The Labute approximate surface area is 86.1 Å². The van der Waals surface area contributed by atoms with E-state index in [9.17, 15) is 14.4 Å². The second-order valence-corrected chi connectivity index (χ2v) is 5.23. The lowest BCUT2D eigenvalue weighted by Gasteiger charge is -2.18. The Kier molecular flexibility index (Phi) is 4.58. The highest BCUT2D eigenvalue weighted by Gasteiger charge is 2.51. The first-order chi connectivity index (χ1) is 6.25. The van der Waals surface area contributed by atoms with E-state index in [0.717, 1.165) is 20.8 Å². The molecule has 0 atom stereocenters. The molecule has 14 heavy (non-hydrogen) atoms. The maximum atomic E-state index is 10.6. The smallest absolute Gasteiger partial charge is 0.443 e. The van der Waals surface area contributed by atoms with Gasteiger partial charge in [-0.3, -0.25) is 14.4 Å². The van der Waals surface area contributed by atoms with Crippen LogP contribution in [-0.4, -0.2) is 26.0 Å². The molecule has 0 fully saturated rings. The Hall–Kier alpha value is -1.08. The van der Waals surface area contributed by atoms with Gasteiger partial charge in [-0.25, -0.2) is 0 Å². The monoisotopic (exact) mass is 240 g/mol. The summed E-state index contributed by atoms with van der Waals surface area (Å²) in [5.74, 6) is -2.39. The zero-order chi connectivity index (χ0) is 11.4. The Morgan fingerprint density at radius 3 is 1.21 bits per heavy atom. The van der Waals surface area contributed by atoms with E-state index in [2.05, 4.69) is 13.3 Å². The molecule has 0 amide bonds. The Bertz CT molecular complexity index is 224. The molecule has 0 aliphatic heterocycles. The zero-order valence-corrected chi connectivity index (χ0v) is 9.58. The van der Waals surface area contributed by atoms with E-state index in [1.165, 1.54) is 0 Å². The van der Waals surface area contributed by atoms with Crippen molar-refractivity contribution < 1.29 is 27.7 Å². The summed E-state index contributed by atoms with van der Waals surface area (Å²) in [6.07, 6.45) is 0. The molecular formula is C6H9ClO6Si. The molecule has 0 aliphatic carbocycles. The number of hydrogen-bond acceptors (Lipinski definition) is 6. The van der Waals surface area contributed by atoms with Gasteiger partial charge in [0.25, 0.3) is 17.9 Å². The predicted molar refractivity (Wildman–Crippen MR) is 46.9 cm³/mol. The average Bonchev–Trinajstić information content (AvgIpc) is 1.76. The van der Waals surface area contributed by atoms with E-state index < -0.39 is 26.0 Å². The molecule has 0 saturated heterocycles. The van der Waals surface area contributed by atoms with E-state index in [1.807, 2.05) is 0 Å². The van der Waals surface area contributed by atoms with Crippen LogP contribution in [0.2, 0.25) is 0 Å². The highest BCUT2D eigenvalue weighted by Crippen LogP contribution is 2.15. The molecule has 0 N–H and O–H groups in total. The second kappa shape index (κ2) is 4.96. The van der Waals surface area contributed by atoms with Crippen LogP contribution in [0.3, 0.4) is 0 Å². The SMILES string of the molecule is CC(=O)O[Si](Cl)(OC(C)=O)OC(C)=O. The van der Waals surface area contributed by atoms with Crippen LogP contribution < -0.4 is 0 Å². The second-order valence-electron chi connectivity index (χ2n) is 2.26. The fourth-order valence-electron chi connectivity index (χ4n) is 0.578. The van der Waals surface area contributed by atoms with Crippen molar-refractivity contribution >= 4 is 37.1 Å². The summed E-state index contributed by atoms with van der Waals surface area (Å²) >= 11 is 5.53. The van der Waals surface area contributed by atoms with Crippen LogP contribution in [0.1, 0.15) is 20.8 Å². The largest absolute Gasteiger partial charge is 0.823 e. The van der Waals surface area contributed by atoms with Gasteiger partial charge < -0.3 is 13.3 Å². The van der Waals surface area contributed by atoms with Crippen molar-refractivity contribution in [3.63, 3.8) is 0 Å². The third kappa shape index (κ3) is 5.54. The lowest BCUT2D eigenvalue weighted by Crippen LogP contribution is -2.44. The van der Waals surface area contributed by atoms with Crippen LogP contribution in [0, 0.1) is 0 Å². The number of rotatable bonds is 3. The molecule has 0 saturated carbocycles. The molecule has 0 radical (unpaired) electrons. The zero-order valence-electron chi connectivity index (χ0n) is 7.83. The van der Waals surface area contributed by atoms with E-state index >= 15 is 0 Å². The third-order valence-corrected chi connectivity index (χ3v) is 3.09. The van der Waals surface area contributed by atoms with Gasteiger partial charge in [-0.2, -0.15) is 0 Å². The topological polar surface area (TPSA) is 78.9 Å². The van der Waals surface area contributed by atoms with Gasteiger partial charge in [-0.05, 0) is 11.1 Å². The van der Waals surface area contributed by atoms with Crippen molar-refractivity contribution in [3.05, 3.63) is 0 Å². The first-order valence-corrected chi connectivity index (χ1v) is 6.26. The normalized spacial score (nSPS) is 10.3. The van der Waals surface area contributed by atoms with E-state index in [4.69, 9.17) is 11.1 Å². The quantitative estimate of drug-likeness (QED) is 0.523. The van der Waals surface area contributed by atoms with Gasteiger partial charge in [0.1, 0.15) is 0 Å². The van der Waals surface area contributed by atoms with Gasteiger partial charge in [-0.15, -0.1) is 0 Å². The summed E-state index contributed by atoms with van der Waals surface area (Å²) in [4.78, 5) is 31.7. The first kappa shape index (κ1) is 12.9. The molecule has 8 heteroatoms. The molecule has 0 aromatic heterocycles. The minimum absolute atomic E-state index is 0.797. The molecule has 6 nitrogen and oxygen atoms in total. The van der Waals surface area contributed by atoms with Crippen LogP contribution in [0.25, 0.3) is 0 Å². The fraction of sp³-hybridized carbons (Fsp3) is 0.500. The minimum Gasteiger partial charge on any atom is -0.443 e. The van der Waals surface area contributed by atoms with Gasteiger partial charge in [0.15, 0.2) is 0 Å². The number of carbonyl (C=O) groups is 3. The number of halogens is 1. The highest BCUT2D eigenvalue weighted by molar-refractivity contribution is 7.10. The van der Waals surface area contributed by atoms with Crippen molar-refractivity contribution in [1.82, 2.24) is 0 Å². The molecule has 0 rings (SSSR count). The summed E-state index contributed by atoms with van der Waals surface area (Å²) in [6, 6.07) is 0. The van der Waals surface area contributed by atoms with Gasteiger partial charge in [-0.1, -0.05) is 0 Å². The summed E-state index contributed by atoms with van der Waals surface area (Å²) in [6.45, 7) is 3.16. The molecule has 0 unspecified atom stereocenters. The first-order valence-electron chi connectivity index (χ1n) is 3.53. The van der Waals surface area contributed by atoms with Crippen LogP contribution in [-0.2, 0) is 27.7 Å². The van der Waals surface area contributed by atoms with Crippen molar-refractivity contribution in [2.45, 2.75) is 20.8 Å². The van der Waals surface area contributed by atoms with E-state index in [0.29, 0.717) is 0 Å². The van der Waals surface area contributed by atoms with Gasteiger partial charge >= 0.3 is 8.11 Å². The molecule has 0 aliphatic rings. The van der Waals surface area contributed by atoms with Gasteiger partial charge in [0.2, 0.25) is 0 Å². The average molecular weight is 241 g/mol. The van der Waals surface area contributed by atoms with Crippen molar-refractivity contribution in [2.24, 2.45) is 0 Å². The predicted octanol–water partition coefficient (Wildman–Crippen LogP) is 0.350. The molecule has 0 bridgehead atoms. The molecule has 80 valence electrons. The van der Waals surface area contributed by atoms with E-state index in [1.54, 1.807) is 0 Å². The highest BCUT2D eigenvalue weighted by atomic mass is 35.6. The molecule has 0 heterocycles. The minimum atomic E-state index is -4.02. The third-order valence-electron chi connectivity index (χ3n) is 0.797. The Balaban J connectivity index is 4.56. The Morgan fingerprint density at radius 2 is 1.07 bits per heavy atom. The van der Waals surface area contributed by atoms with Crippen LogP contribution in [0.15, 0.2) is 0 Å². The summed E-state index contributed by atoms with van der Waals surface area (Å²) < 4.78 is 13.3. The molecule has 0 aromatic rings. The summed E-state index contributed by atoms with van der Waals surface area (Å²) in [7, 11) is -4.02. The van der Waals surface area contributed by atoms with Crippen LogP contribution in [0.5, 0.6) is 0 Å². The summed E-state index contributed by atoms with van der Waals surface area (Å²) in [5.41, 5.74) is 0. The number of hydrogen-bond donors (Lipinski definition) is 0. The number of carbonyl (C=O) groups excluding carboxylic acids is 3. The fourth-order valence-corrected chi connectivity index (χ4v) is 2.71. The maximum absolute atomic E-state index is 10.6. The maximum Gasteiger partial charge on any atom is 0.823 e. The Morgan fingerprint density at radius 1 is 0.857 bits per heavy atom. The van der Waals surface area contributed by atoms with Crippen molar-refractivity contribution in [2.75, 3.05) is 0 Å². The summed E-state index contributed by atoms with van der Waals surface area (Å²) in [5, 5.41) is 0. The van der Waals surface area contributed by atoms with Crippen molar-refractivity contribution in [1.29, 1.82) is 0 Å². The van der Waals surface area contributed by atoms with Crippen LogP contribution >= 0.6 is 11.1 Å². The van der Waals surface area contributed by atoms with E-state index in [-0.39, 0.29) is 0 Å². The molecule has 0 aromatic carbocycles. The van der Waals surface area contributed by atoms with Crippen LogP contribution in [0.4, 0.5) is 0 Å². The standard InChI is InChI=1S/C6H9ClO6Si/c1-4(8)11-14(7,12-5(2)9)13-6(3)10/h1-3H3. The van der Waals surface area contributed by atoms with Gasteiger partial charge in [0.05, 0.1) is 0 Å². The van der Waals surface area contributed by atoms with Crippen molar-refractivity contribution in [3.8, 4) is 0 Å². The molecule has 0 spiro atoms.